The fourth-order valence-electron chi connectivity index (χ4n) is 7.02. The number of allylic oxidation sites excluding steroid dienone is 5. The van der Waals surface area contributed by atoms with Gasteiger partial charge in [-0.1, -0.05) is 217 Å². The minimum Gasteiger partial charge on any atom is -0.394 e. The summed E-state index contributed by atoms with van der Waals surface area (Å²) < 4.78 is 0. The summed E-state index contributed by atoms with van der Waals surface area (Å²) in [5.41, 5.74) is 0. The molecule has 0 aliphatic rings. The lowest BCUT2D eigenvalue weighted by Crippen LogP contribution is -2.48. The molecule has 3 unspecified atom stereocenters. The molecular weight excluding hydrogens is 655 g/mol. The number of hydrogen-bond acceptors (Lipinski definition) is 4. The van der Waals surface area contributed by atoms with E-state index >= 15 is 0 Å². The van der Waals surface area contributed by atoms with E-state index in [0.29, 0.717) is 6.42 Å². The first-order valence-corrected chi connectivity index (χ1v) is 23.3. The Balaban J connectivity index is 3.70. The first-order chi connectivity index (χ1) is 26.1. The average Bonchev–Trinajstić information content (AvgIpc) is 3.16. The van der Waals surface area contributed by atoms with Crippen molar-refractivity contribution in [3.8, 4) is 0 Å². The predicted octanol–water partition coefficient (Wildman–Crippen LogP) is 13.5. The van der Waals surface area contributed by atoms with Crippen LogP contribution in [0.1, 0.15) is 239 Å². The van der Waals surface area contributed by atoms with Crippen molar-refractivity contribution in [2.45, 2.75) is 257 Å². The van der Waals surface area contributed by atoms with E-state index in [1.807, 2.05) is 6.08 Å². The molecule has 0 aromatic rings. The molecule has 53 heavy (non-hydrogen) atoms. The summed E-state index contributed by atoms with van der Waals surface area (Å²) >= 11 is 0. The molecule has 0 fully saturated rings. The van der Waals surface area contributed by atoms with Crippen LogP contribution in [0, 0.1) is 0 Å². The summed E-state index contributed by atoms with van der Waals surface area (Å²) in [5, 5.41) is 33.2. The molecule has 0 aliphatic carbocycles. The molecule has 0 spiro atoms. The lowest BCUT2D eigenvalue weighted by atomic mass is 10.0. The number of hydrogen-bond donors (Lipinski definition) is 4. The molecule has 1 amide bonds. The number of carbonyl (C=O) groups excluding carboxylic acids is 1. The topological polar surface area (TPSA) is 89.8 Å². The maximum absolute atomic E-state index is 12.5. The SMILES string of the molecule is CCCCCCCCCCC/C=C\CCCCCCCCC(O)C(=O)NC(CO)C(O)/C=C/CC/C=C/CCCCCCCCCCCCCCCC. The van der Waals surface area contributed by atoms with Gasteiger partial charge in [0.15, 0.2) is 0 Å². The highest BCUT2D eigenvalue weighted by atomic mass is 16.3. The first kappa shape index (κ1) is 51.6. The molecule has 0 bridgehead atoms. The number of amides is 1. The molecule has 312 valence electrons. The highest BCUT2D eigenvalue weighted by molar-refractivity contribution is 5.80. The van der Waals surface area contributed by atoms with Crippen LogP contribution in [-0.2, 0) is 4.79 Å². The van der Waals surface area contributed by atoms with Crippen molar-refractivity contribution in [2.75, 3.05) is 6.61 Å². The second-order valence-corrected chi connectivity index (χ2v) is 16.0. The Morgan fingerprint density at radius 3 is 1.15 bits per heavy atom. The Labute approximate surface area is 330 Å². The van der Waals surface area contributed by atoms with Crippen molar-refractivity contribution in [1.82, 2.24) is 5.32 Å². The molecule has 0 radical (unpaired) electrons. The van der Waals surface area contributed by atoms with E-state index in [1.54, 1.807) is 6.08 Å². The van der Waals surface area contributed by atoms with Gasteiger partial charge in [0, 0.05) is 0 Å². The first-order valence-electron chi connectivity index (χ1n) is 23.3. The number of unbranched alkanes of at least 4 members (excludes halogenated alkanes) is 30. The van der Waals surface area contributed by atoms with Gasteiger partial charge in [-0.25, -0.2) is 0 Å². The zero-order chi connectivity index (χ0) is 38.7. The standard InChI is InChI=1S/C48H91NO4/c1-3-5-7-9-11-13-15-17-19-21-23-25-26-28-30-32-34-36-38-40-42-46(51)45(44-50)49-48(53)47(52)43-41-39-37-35-33-31-29-27-24-22-20-18-16-14-12-10-8-6-4-2/h24,27,32,34,40,42,45-47,50-52H,3-23,25-26,28-31,33,35-39,41,43-44H2,1-2H3,(H,49,53)/b27-24-,34-32+,42-40+. The van der Waals surface area contributed by atoms with Crippen LogP contribution in [-0.4, -0.2) is 46.1 Å². The highest BCUT2D eigenvalue weighted by Crippen LogP contribution is 2.15. The summed E-state index contributed by atoms with van der Waals surface area (Å²) in [6.45, 7) is 4.18. The van der Waals surface area contributed by atoms with Crippen molar-refractivity contribution in [3.63, 3.8) is 0 Å². The second kappa shape index (κ2) is 43.3. The Kier molecular flexibility index (Phi) is 42.1. The quantitative estimate of drug-likeness (QED) is 0.0370. The van der Waals surface area contributed by atoms with Gasteiger partial charge in [0.1, 0.15) is 6.10 Å². The van der Waals surface area contributed by atoms with Crippen LogP contribution in [0.4, 0.5) is 0 Å². The summed E-state index contributed by atoms with van der Waals surface area (Å²) in [7, 11) is 0. The van der Waals surface area contributed by atoms with Crippen molar-refractivity contribution >= 4 is 5.91 Å². The molecule has 4 N–H and O–H groups in total. The molecule has 0 saturated heterocycles. The van der Waals surface area contributed by atoms with E-state index in [0.717, 1.165) is 38.5 Å². The van der Waals surface area contributed by atoms with Crippen LogP contribution in [0.2, 0.25) is 0 Å². The van der Waals surface area contributed by atoms with Crippen LogP contribution in [0.25, 0.3) is 0 Å². The zero-order valence-corrected chi connectivity index (χ0v) is 35.4. The van der Waals surface area contributed by atoms with Crippen LogP contribution in [0.3, 0.4) is 0 Å². The largest absolute Gasteiger partial charge is 0.394 e. The molecule has 0 aromatic carbocycles. The third kappa shape index (κ3) is 38.6. The molecule has 3 atom stereocenters. The van der Waals surface area contributed by atoms with Crippen LogP contribution < -0.4 is 5.32 Å². The minimum atomic E-state index is -1.11. The molecular formula is C48H91NO4. The number of carbonyl (C=O) groups is 1. The monoisotopic (exact) mass is 746 g/mol. The third-order valence-corrected chi connectivity index (χ3v) is 10.7. The molecule has 0 aliphatic heterocycles. The molecule has 0 saturated carbocycles. The van der Waals surface area contributed by atoms with Crippen LogP contribution >= 0.6 is 0 Å². The Hall–Kier alpha value is -1.43. The van der Waals surface area contributed by atoms with E-state index in [2.05, 4.69) is 43.5 Å². The summed E-state index contributed by atoms with van der Waals surface area (Å²) in [6.07, 6.45) is 54.7. The van der Waals surface area contributed by atoms with E-state index in [1.165, 1.54) is 180 Å². The maximum atomic E-state index is 12.5. The number of rotatable bonds is 42. The van der Waals surface area contributed by atoms with Crippen molar-refractivity contribution in [1.29, 1.82) is 0 Å². The van der Waals surface area contributed by atoms with Gasteiger partial charge < -0.3 is 20.6 Å². The summed E-state index contributed by atoms with van der Waals surface area (Å²) in [6, 6.07) is -0.816. The lowest BCUT2D eigenvalue weighted by Gasteiger charge is -2.21. The second-order valence-electron chi connectivity index (χ2n) is 16.0. The number of aliphatic hydroxyl groups is 3. The smallest absolute Gasteiger partial charge is 0.249 e. The van der Waals surface area contributed by atoms with Gasteiger partial charge >= 0.3 is 0 Å². The van der Waals surface area contributed by atoms with Gasteiger partial charge in [-0.3, -0.25) is 4.79 Å². The van der Waals surface area contributed by atoms with Crippen LogP contribution in [0.5, 0.6) is 0 Å². The Bertz CT molecular complexity index is 824. The van der Waals surface area contributed by atoms with Gasteiger partial charge in [0.05, 0.1) is 18.8 Å². The van der Waals surface area contributed by atoms with E-state index in [4.69, 9.17) is 0 Å². The van der Waals surface area contributed by atoms with Crippen molar-refractivity contribution in [3.05, 3.63) is 36.5 Å². The van der Waals surface area contributed by atoms with Crippen LogP contribution in [0.15, 0.2) is 36.5 Å². The van der Waals surface area contributed by atoms with E-state index in [-0.39, 0.29) is 6.61 Å². The van der Waals surface area contributed by atoms with Gasteiger partial charge in [-0.15, -0.1) is 0 Å². The Morgan fingerprint density at radius 1 is 0.453 bits per heavy atom. The summed E-state index contributed by atoms with van der Waals surface area (Å²) in [4.78, 5) is 12.5. The normalized spacial score (nSPS) is 13.8. The average molecular weight is 746 g/mol. The van der Waals surface area contributed by atoms with Gasteiger partial charge in [0.25, 0.3) is 0 Å². The fourth-order valence-corrected chi connectivity index (χ4v) is 7.02. The van der Waals surface area contributed by atoms with Crippen molar-refractivity contribution in [2.24, 2.45) is 0 Å². The summed E-state index contributed by atoms with van der Waals surface area (Å²) in [5.74, 6) is -0.517. The van der Waals surface area contributed by atoms with Crippen molar-refractivity contribution < 1.29 is 20.1 Å². The third-order valence-electron chi connectivity index (χ3n) is 10.7. The zero-order valence-electron chi connectivity index (χ0n) is 35.4. The molecule has 0 rings (SSSR count). The fraction of sp³-hybridized carbons (Fsp3) is 0.854. The van der Waals surface area contributed by atoms with E-state index in [9.17, 15) is 20.1 Å². The molecule has 0 heterocycles. The van der Waals surface area contributed by atoms with Gasteiger partial charge in [0.2, 0.25) is 5.91 Å². The Morgan fingerprint density at radius 2 is 0.774 bits per heavy atom. The molecule has 5 nitrogen and oxygen atoms in total. The lowest BCUT2D eigenvalue weighted by molar-refractivity contribution is -0.131. The van der Waals surface area contributed by atoms with E-state index < -0.39 is 24.2 Å². The molecule has 5 heteroatoms. The maximum Gasteiger partial charge on any atom is 0.249 e. The number of aliphatic hydroxyl groups excluding tert-OH is 3. The predicted molar refractivity (Wildman–Crippen MR) is 231 cm³/mol. The number of nitrogens with one attached hydrogen (secondary N) is 1. The molecule has 0 aromatic heterocycles. The highest BCUT2D eigenvalue weighted by Gasteiger charge is 2.22. The van der Waals surface area contributed by atoms with Gasteiger partial charge in [-0.2, -0.15) is 0 Å². The van der Waals surface area contributed by atoms with Gasteiger partial charge in [-0.05, 0) is 57.8 Å². The minimum absolute atomic E-state index is 0.377.